The second-order valence-electron chi connectivity index (χ2n) is 7.20. The fourth-order valence-electron chi connectivity index (χ4n) is 3.94. The number of carbonyl (C=O) groups is 2. The van der Waals surface area contributed by atoms with Crippen molar-refractivity contribution in [2.45, 2.75) is 18.9 Å². The van der Waals surface area contributed by atoms with Crippen LogP contribution in [0.1, 0.15) is 33.6 Å². The molecular weight excluding hydrogens is 342 g/mol. The highest BCUT2D eigenvalue weighted by atomic mass is 16.5. The molecule has 1 unspecified atom stereocenters. The summed E-state index contributed by atoms with van der Waals surface area (Å²) in [6.07, 6.45) is 2.33. The van der Waals surface area contributed by atoms with E-state index in [4.69, 9.17) is 10.5 Å². The van der Waals surface area contributed by atoms with Crippen molar-refractivity contribution in [2.75, 3.05) is 19.6 Å². The van der Waals surface area contributed by atoms with Crippen LogP contribution in [-0.2, 0) is 0 Å². The Labute approximate surface area is 158 Å². The lowest BCUT2D eigenvalue weighted by molar-refractivity contribution is 0.0620. The first-order valence-electron chi connectivity index (χ1n) is 9.30. The van der Waals surface area contributed by atoms with E-state index in [1.54, 1.807) is 48.5 Å². The van der Waals surface area contributed by atoms with Crippen LogP contribution in [0.25, 0.3) is 0 Å². The van der Waals surface area contributed by atoms with Crippen LogP contribution < -0.4 is 15.8 Å². The predicted octanol–water partition coefficient (Wildman–Crippen LogP) is 2.40. The number of hydrogen-bond donors (Lipinski definition) is 2. The number of ether oxygens (including phenoxy) is 1. The highest BCUT2D eigenvalue weighted by molar-refractivity contribution is 5.96. The number of nitrogens with two attached hydrogens (primary N) is 1. The first-order chi connectivity index (χ1) is 13.1. The first-order valence-corrected chi connectivity index (χ1v) is 9.30. The molecule has 5 rings (SSSR count). The monoisotopic (exact) mass is 365 g/mol. The second-order valence-corrected chi connectivity index (χ2v) is 7.20. The van der Waals surface area contributed by atoms with Crippen LogP contribution in [0.5, 0.6) is 11.5 Å². The molecule has 6 heteroatoms. The van der Waals surface area contributed by atoms with E-state index in [-0.39, 0.29) is 11.9 Å². The minimum absolute atomic E-state index is 0.0576. The summed E-state index contributed by atoms with van der Waals surface area (Å²) in [6.45, 7) is 3.24. The molecular formula is C21H23N3O3. The Hall–Kier alpha value is -2.86. The minimum atomic E-state index is -0.542. The van der Waals surface area contributed by atoms with Crippen LogP contribution in [0.3, 0.4) is 0 Å². The Bertz CT molecular complexity index is 842. The van der Waals surface area contributed by atoms with Crippen molar-refractivity contribution in [1.82, 2.24) is 10.2 Å². The van der Waals surface area contributed by atoms with E-state index in [0.717, 1.165) is 32.5 Å². The fourth-order valence-corrected chi connectivity index (χ4v) is 3.94. The Kier molecular flexibility index (Phi) is 4.81. The first kappa shape index (κ1) is 17.5. The lowest BCUT2D eigenvalue weighted by atomic mass is 9.84. The molecule has 3 aliphatic rings. The van der Waals surface area contributed by atoms with Gasteiger partial charge in [-0.2, -0.15) is 0 Å². The molecule has 0 spiro atoms. The van der Waals surface area contributed by atoms with Gasteiger partial charge in [-0.25, -0.2) is 0 Å². The van der Waals surface area contributed by atoms with Gasteiger partial charge in [0.05, 0.1) is 5.56 Å². The maximum absolute atomic E-state index is 12.6. The second kappa shape index (κ2) is 7.40. The number of nitrogens with zero attached hydrogens (tertiary/aromatic N) is 1. The molecule has 0 saturated carbocycles. The number of primary amides is 1. The number of piperidine rings is 3. The van der Waals surface area contributed by atoms with Gasteiger partial charge in [-0.1, -0.05) is 12.1 Å². The summed E-state index contributed by atoms with van der Waals surface area (Å²) in [6, 6.07) is 14.0. The number of fused-ring (bicyclic) bond motifs is 3. The van der Waals surface area contributed by atoms with Crippen LogP contribution >= 0.6 is 0 Å². The van der Waals surface area contributed by atoms with E-state index in [1.165, 1.54) is 0 Å². The van der Waals surface area contributed by atoms with E-state index >= 15 is 0 Å². The molecule has 1 atom stereocenters. The zero-order valence-electron chi connectivity index (χ0n) is 15.1. The molecule has 2 amide bonds. The molecule has 0 aromatic heterocycles. The van der Waals surface area contributed by atoms with Crippen molar-refractivity contribution < 1.29 is 14.3 Å². The molecule has 3 aliphatic heterocycles. The van der Waals surface area contributed by atoms with E-state index < -0.39 is 5.91 Å². The Morgan fingerprint density at radius 1 is 1.04 bits per heavy atom. The summed E-state index contributed by atoms with van der Waals surface area (Å²) in [5.74, 6) is 0.932. The molecule has 2 bridgehead atoms. The largest absolute Gasteiger partial charge is 0.457 e. The smallest absolute Gasteiger partial charge is 0.252 e. The molecule has 2 aromatic carbocycles. The van der Waals surface area contributed by atoms with E-state index in [1.807, 2.05) is 0 Å². The standard InChI is InChI=1S/C21H23N3O3/c22-20(25)17-3-1-2-4-19(17)27-16-7-5-15(6-8-16)21(26)23-18-13-24-11-9-14(18)10-12-24/h1-8,14,18H,9-13H2,(H2,22,25)(H,23,26). The lowest BCUT2D eigenvalue weighted by Gasteiger charge is -2.44. The Morgan fingerprint density at radius 3 is 2.37 bits per heavy atom. The Morgan fingerprint density at radius 2 is 1.74 bits per heavy atom. The van der Waals surface area contributed by atoms with E-state index in [2.05, 4.69) is 10.2 Å². The molecule has 0 radical (unpaired) electrons. The van der Waals surface area contributed by atoms with Gasteiger partial charge in [0.25, 0.3) is 11.8 Å². The van der Waals surface area contributed by atoms with Crippen LogP contribution in [0.2, 0.25) is 0 Å². The molecule has 2 aromatic rings. The van der Waals surface area contributed by atoms with Gasteiger partial charge < -0.3 is 20.7 Å². The molecule has 3 fully saturated rings. The maximum Gasteiger partial charge on any atom is 0.252 e. The third-order valence-electron chi connectivity index (χ3n) is 5.47. The van der Waals surface area contributed by atoms with Crippen LogP contribution in [0.15, 0.2) is 48.5 Å². The summed E-state index contributed by atoms with van der Waals surface area (Å²) in [5.41, 5.74) is 6.29. The summed E-state index contributed by atoms with van der Waals surface area (Å²) in [5, 5.41) is 3.18. The fraction of sp³-hybridized carbons (Fsp3) is 0.333. The molecule has 27 heavy (non-hydrogen) atoms. The van der Waals surface area contributed by atoms with Crippen molar-refractivity contribution in [3.63, 3.8) is 0 Å². The molecule has 3 saturated heterocycles. The highest BCUT2D eigenvalue weighted by Crippen LogP contribution is 2.28. The summed E-state index contributed by atoms with van der Waals surface area (Å²) in [7, 11) is 0. The van der Waals surface area contributed by atoms with Gasteiger partial charge in [0.15, 0.2) is 0 Å². The van der Waals surface area contributed by atoms with Gasteiger partial charge >= 0.3 is 0 Å². The number of carbonyl (C=O) groups excluding carboxylic acids is 2. The molecule has 3 N–H and O–H groups in total. The Balaban J connectivity index is 1.42. The van der Waals surface area contributed by atoms with Crippen molar-refractivity contribution >= 4 is 11.8 Å². The third kappa shape index (κ3) is 3.80. The number of hydrogen-bond acceptors (Lipinski definition) is 4. The number of nitrogens with one attached hydrogen (secondary N) is 1. The number of para-hydroxylation sites is 1. The average Bonchev–Trinajstić information content (AvgIpc) is 2.70. The summed E-state index contributed by atoms with van der Waals surface area (Å²) in [4.78, 5) is 26.5. The average molecular weight is 365 g/mol. The van der Waals surface area contributed by atoms with Gasteiger partial charge in [-0.05, 0) is 68.2 Å². The molecule has 3 heterocycles. The van der Waals surface area contributed by atoms with Gasteiger partial charge in [0.2, 0.25) is 0 Å². The lowest BCUT2D eigenvalue weighted by Crippen LogP contribution is -2.57. The zero-order chi connectivity index (χ0) is 18.8. The number of benzene rings is 2. The predicted molar refractivity (Wildman–Crippen MR) is 102 cm³/mol. The van der Waals surface area contributed by atoms with Crippen molar-refractivity contribution in [3.05, 3.63) is 59.7 Å². The number of rotatable bonds is 5. The van der Waals surface area contributed by atoms with E-state index in [0.29, 0.717) is 28.5 Å². The van der Waals surface area contributed by atoms with Crippen LogP contribution in [0, 0.1) is 5.92 Å². The maximum atomic E-state index is 12.6. The van der Waals surface area contributed by atoms with Gasteiger partial charge in [0, 0.05) is 18.2 Å². The van der Waals surface area contributed by atoms with Crippen molar-refractivity contribution in [2.24, 2.45) is 11.7 Å². The number of amides is 2. The van der Waals surface area contributed by atoms with Crippen LogP contribution in [-0.4, -0.2) is 42.4 Å². The SMILES string of the molecule is NC(=O)c1ccccc1Oc1ccc(C(=O)NC2CN3CCC2CC3)cc1. The van der Waals surface area contributed by atoms with E-state index in [9.17, 15) is 9.59 Å². The highest BCUT2D eigenvalue weighted by Gasteiger charge is 2.34. The quantitative estimate of drug-likeness (QED) is 0.852. The molecule has 140 valence electrons. The topological polar surface area (TPSA) is 84.7 Å². The van der Waals surface area contributed by atoms with Crippen molar-refractivity contribution in [3.8, 4) is 11.5 Å². The van der Waals surface area contributed by atoms with Gasteiger partial charge in [-0.15, -0.1) is 0 Å². The van der Waals surface area contributed by atoms with Gasteiger partial charge in [-0.3, -0.25) is 9.59 Å². The molecule has 6 nitrogen and oxygen atoms in total. The van der Waals surface area contributed by atoms with Crippen molar-refractivity contribution in [1.29, 1.82) is 0 Å². The normalized spacial score (nSPS) is 23.6. The molecule has 0 aliphatic carbocycles. The van der Waals surface area contributed by atoms with Gasteiger partial charge in [0.1, 0.15) is 11.5 Å². The summed E-state index contributed by atoms with van der Waals surface area (Å²) >= 11 is 0. The minimum Gasteiger partial charge on any atom is -0.457 e. The zero-order valence-corrected chi connectivity index (χ0v) is 15.1. The summed E-state index contributed by atoms with van der Waals surface area (Å²) < 4.78 is 5.76. The van der Waals surface area contributed by atoms with Crippen LogP contribution in [0.4, 0.5) is 0 Å². The third-order valence-corrected chi connectivity index (χ3v) is 5.47.